The number of rotatable bonds is 6. The second kappa shape index (κ2) is 6.60. The largest absolute Gasteiger partial charge is 0.477 e. The van der Waals surface area contributed by atoms with E-state index in [0.29, 0.717) is 17.5 Å². The Morgan fingerprint density at radius 1 is 1.32 bits per heavy atom. The molecule has 0 spiro atoms. The Morgan fingerprint density at radius 2 is 2.05 bits per heavy atom. The summed E-state index contributed by atoms with van der Waals surface area (Å²) < 4.78 is 23.8. The van der Waals surface area contributed by atoms with Crippen molar-refractivity contribution in [1.29, 1.82) is 0 Å². The van der Waals surface area contributed by atoms with Gasteiger partial charge in [0.05, 0.1) is 4.90 Å². The molecule has 0 aliphatic carbocycles. The van der Waals surface area contributed by atoms with Crippen LogP contribution in [0, 0.1) is 0 Å². The van der Waals surface area contributed by atoms with Gasteiger partial charge in [0.15, 0.2) is 0 Å². The molecule has 1 aromatic heterocycles. The third-order valence-electron chi connectivity index (χ3n) is 3.35. The first kappa shape index (κ1) is 16.7. The summed E-state index contributed by atoms with van der Waals surface area (Å²) in [6.07, 6.45) is 2.51. The molecule has 118 valence electrons. The lowest BCUT2D eigenvalue weighted by atomic mass is 9.96. The maximum absolute atomic E-state index is 11.9. The number of thiophene rings is 1. The Labute approximate surface area is 133 Å². The van der Waals surface area contributed by atoms with Gasteiger partial charge < -0.3 is 5.11 Å². The Bertz CT molecular complexity index is 794. The molecule has 2 rings (SSSR count). The van der Waals surface area contributed by atoms with E-state index in [-0.39, 0.29) is 9.77 Å². The summed E-state index contributed by atoms with van der Waals surface area (Å²) in [7, 11) is -3.94. The van der Waals surface area contributed by atoms with Crippen molar-refractivity contribution >= 4 is 27.3 Å². The summed E-state index contributed by atoms with van der Waals surface area (Å²) in [5.41, 5.74) is 1.62. The van der Waals surface area contributed by atoms with Crippen LogP contribution in [0.15, 0.2) is 34.5 Å². The first-order chi connectivity index (χ1) is 10.4. The molecule has 1 aromatic carbocycles. The molecule has 22 heavy (non-hydrogen) atoms. The van der Waals surface area contributed by atoms with Crippen molar-refractivity contribution in [3.05, 3.63) is 40.1 Å². The molecule has 7 heteroatoms. The van der Waals surface area contributed by atoms with E-state index in [1.807, 2.05) is 13.0 Å². The number of aromatic carboxylic acids is 1. The lowest BCUT2D eigenvalue weighted by molar-refractivity contribution is 0.0703. The predicted octanol–water partition coefficient (Wildman–Crippen LogP) is 3.10. The summed E-state index contributed by atoms with van der Waals surface area (Å²) >= 11 is 1.07. The summed E-state index contributed by atoms with van der Waals surface area (Å²) in [5, 5.41) is 16.3. The highest BCUT2D eigenvalue weighted by molar-refractivity contribution is 7.89. The molecule has 3 N–H and O–H groups in total. The van der Waals surface area contributed by atoms with Gasteiger partial charge in [-0.25, -0.2) is 18.4 Å². The van der Waals surface area contributed by atoms with Crippen LogP contribution in [-0.2, 0) is 16.4 Å². The first-order valence-corrected chi connectivity index (χ1v) is 9.24. The molecular weight excluding hydrogens is 322 g/mol. The van der Waals surface area contributed by atoms with Crippen molar-refractivity contribution in [2.24, 2.45) is 5.14 Å². The standard InChI is InChI=1S/C15H17NO4S2/c1-2-3-5-10-6-4-7-12(22(16,19)20)13(10)11-8-9-21-14(11)15(17)18/h4,6-9H,2-3,5H2,1H3,(H,17,18)(H2,16,19,20). The summed E-state index contributed by atoms with van der Waals surface area (Å²) in [6.45, 7) is 2.04. The van der Waals surface area contributed by atoms with Gasteiger partial charge in [-0.3, -0.25) is 0 Å². The molecule has 5 nitrogen and oxygen atoms in total. The highest BCUT2D eigenvalue weighted by Gasteiger charge is 2.23. The normalized spacial score (nSPS) is 11.5. The molecule has 1 heterocycles. The van der Waals surface area contributed by atoms with Crippen molar-refractivity contribution in [1.82, 2.24) is 0 Å². The zero-order valence-corrected chi connectivity index (χ0v) is 13.7. The number of primary sulfonamides is 1. The van der Waals surface area contributed by atoms with Crippen LogP contribution >= 0.6 is 11.3 Å². The van der Waals surface area contributed by atoms with Crippen LogP contribution in [0.4, 0.5) is 0 Å². The maximum Gasteiger partial charge on any atom is 0.346 e. The number of carboxylic acid groups (broad SMARTS) is 1. The minimum absolute atomic E-state index is 0.0259. The van der Waals surface area contributed by atoms with Gasteiger partial charge in [0, 0.05) is 11.1 Å². The van der Waals surface area contributed by atoms with Crippen molar-refractivity contribution in [3.63, 3.8) is 0 Å². The molecular formula is C15H17NO4S2. The molecule has 0 radical (unpaired) electrons. The molecule has 0 saturated heterocycles. The second-order valence-electron chi connectivity index (χ2n) is 4.91. The summed E-state index contributed by atoms with van der Waals surface area (Å²) in [6, 6.07) is 6.51. The Balaban J connectivity index is 2.75. The van der Waals surface area contributed by atoms with E-state index >= 15 is 0 Å². The Morgan fingerprint density at radius 3 is 2.64 bits per heavy atom. The third kappa shape index (κ3) is 3.37. The van der Waals surface area contributed by atoms with Gasteiger partial charge in [0.2, 0.25) is 10.0 Å². The van der Waals surface area contributed by atoms with Crippen LogP contribution in [0.2, 0.25) is 0 Å². The zero-order chi connectivity index (χ0) is 16.3. The quantitative estimate of drug-likeness (QED) is 0.845. The van der Waals surface area contributed by atoms with E-state index in [0.717, 1.165) is 29.7 Å². The summed E-state index contributed by atoms with van der Waals surface area (Å²) in [4.78, 5) is 11.5. The van der Waals surface area contributed by atoms with Gasteiger partial charge in [0.25, 0.3) is 0 Å². The molecule has 2 aromatic rings. The lowest BCUT2D eigenvalue weighted by Gasteiger charge is -2.13. The predicted molar refractivity (Wildman–Crippen MR) is 86.7 cm³/mol. The minimum Gasteiger partial charge on any atom is -0.477 e. The zero-order valence-electron chi connectivity index (χ0n) is 12.1. The van der Waals surface area contributed by atoms with Crippen LogP contribution in [0.5, 0.6) is 0 Å². The third-order valence-corrected chi connectivity index (χ3v) is 5.20. The Hall–Kier alpha value is -1.70. The molecule has 0 aliphatic rings. The van der Waals surface area contributed by atoms with E-state index < -0.39 is 16.0 Å². The molecule has 0 saturated carbocycles. The van der Waals surface area contributed by atoms with Gasteiger partial charge >= 0.3 is 5.97 Å². The monoisotopic (exact) mass is 339 g/mol. The number of carbonyl (C=O) groups is 1. The van der Waals surface area contributed by atoms with Crippen molar-refractivity contribution < 1.29 is 18.3 Å². The van der Waals surface area contributed by atoms with E-state index in [4.69, 9.17) is 5.14 Å². The number of nitrogens with two attached hydrogens (primary N) is 1. The number of aryl methyl sites for hydroxylation is 1. The number of carboxylic acids is 1. The number of unbranched alkanes of at least 4 members (excludes halogenated alkanes) is 1. The van der Waals surface area contributed by atoms with E-state index in [1.165, 1.54) is 6.07 Å². The second-order valence-corrected chi connectivity index (χ2v) is 7.35. The topological polar surface area (TPSA) is 97.5 Å². The van der Waals surface area contributed by atoms with E-state index in [9.17, 15) is 18.3 Å². The van der Waals surface area contributed by atoms with Crippen LogP contribution in [0.1, 0.15) is 35.0 Å². The van der Waals surface area contributed by atoms with Crippen LogP contribution < -0.4 is 5.14 Å². The van der Waals surface area contributed by atoms with Crippen LogP contribution in [0.25, 0.3) is 11.1 Å². The van der Waals surface area contributed by atoms with Crippen molar-refractivity contribution in [3.8, 4) is 11.1 Å². The fourth-order valence-electron chi connectivity index (χ4n) is 2.37. The van der Waals surface area contributed by atoms with Gasteiger partial charge in [-0.15, -0.1) is 11.3 Å². The van der Waals surface area contributed by atoms with Crippen molar-refractivity contribution in [2.75, 3.05) is 0 Å². The Kier molecular flexibility index (Phi) is 5.00. The highest BCUT2D eigenvalue weighted by Crippen LogP contribution is 2.36. The SMILES string of the molecule is CCCCc1cccc(S(N)(=O)=O)c1-c1ccsc1C(=O)O. The van der Waals surface area contributed by atoms with Gasteiger partial charge in [-0.1, -0.05) is 25.5 Å². The number of hydrogen-bond donors (Lipinski definition) is 2. The molecule has 0 unspecified atom stereocenters. The number of hydrogen-bond acceptors (Lipinski definition) is 4. The van der Waals surface area contributed by atoms with Crippen LogP contribution in [-0.4, -0.2) is 19.5 Å². The number of sulfonamides is 1. The van der Waals surface area contributed by atoms with Gasteiger partial charge in [-0.05, 0) is 35.9 Å². The molecule has 0 aliphatic heterocycles. The van der Waals surface area contributed by atoms with Crippen molar-refractivity contribution in [2.45, 2.75) is 31.1 Å². The maximum atomic E-state index is 11.9. The molecule has 0 amide bonds. The van der Waals surface area contributed by atoms with Crippen LogP contribution in [0.3, 0.4) is 0 Å². The van der Waals surface area contributed by atoms with E-state index in [2.05, 4.69) is 0 Å². The molecule has 0 bridgehead atoms. The fourth-order valence-corrected chi connectivity index (χ4v) is 3.90. The molecule has 0 fully saturated rings. The average molecular weight is 339 g/mol. The fraction of sp³-hybridized carbons (Fsp3) is 0.267. The van der Waals surface area contributed by atoms with Gasteiger partial charge in [-0.2, -0.15) is 0 Å². The first-order valence-electron chi connectivity index (χ1n) is 6.82. The number of benzene rings is 1. The average Bonchev–Trinajstić information content (AvgIpc) is 2.93. The smallest absolute Gasteiger partial charge is 0.346 e. The lowest BCUT2D eigenvalue weighted by Crippen LogP contribution is -2.14. The minimum atomic E-state index is -3.94. The highest BCUT2D eigenvalue weighted by atomic mass is 32.2. The van der Waals surface area contributed by atoms with Gasteiger partial charge in [0.1, 0.15) is 4.88 Å². The van der Waals surface area contributed by atoms with E-state index in [1.54, 1.807) is 17.5 Å². The summed E-state index contributed by atoms with van der Waals surface area (Å²) in [5.74, 6) is -1.07. The molecule has 0 atom stereocenters.